The van der Waals surface area contributed by atoms with E-state index >= 15 is 0 Å². The van der Waals surface area contributed by atoms with E-state index in [2.05, 4.69) is 40.8 Å². The number of carbonyl (C=O) groups is 1. The maximum atomic E-state index is 11.8. The zero-order valence-electron chi connectivity index (χ0n) is 17.5. The van der Waals surface area contributed by atoms with Crippen molar-refractivity contribution in [3.05, 3.63) is 35.4 Å². The molecule has 1 aliphatic heterocycles. The third-order valence-corrected chi connectivity index (χ3v) is 5.08. The molecule has 28 heavy (non-hydrogen) atoms. The van der Waals surface area contributed by atoms with Gasteiger partial charge in [0, 0.05) is 31.7 Å². The summed E-state index contributed by atoms with van der Waals surface area (Å²) in [6.45, 7) is 9.09. The van der Waals surface area contributed by atoms with Gasteiger partial charge in [-0.2, -0.15) is 0 Å². The van der Waals surface area contributed by atoms with Crippen molar-refractivity contribution in [3.8, 4) is 0 Å². The number of nitrogens with one attached hydrogen (secondary N) is 3. The smallest absolute Gasteiger partial charge is 0.251 e. The molecule has 1 heterocycles. The summed E-state index contributed by atoms with van der Waals surface area (Å²) in [4.78, 5) is 19.1. The second kappa shape index (κ2) is 13.8. The van der Waals surface area contributed by atoms with E-state index in [-0.39, 0.29) is 29.9 Å². The number of likely N-dealkylation sites (N-methyl/N-ethyl adjacent to an activating group) is 1. The number of carbonyl (C=O) groups excluding carboxylic acids is 1. The van der Waals surface area contributed by atoms with Gasteiger partial charge in [0.15, 0.2) is 5.96 Å². The number of halogens is 1. The Bertz CT molecular complexity index is 623. The van der Waals surface area contributed by atoms with Crippen LogP contribution in [0.3, 0.4) is 0 Å². The first-order valence-corrected chi connectivity index (χ1v) is 10.2. The number of piperidine rings is 1. The van der Waals surface area contributed by atoms with Crippen molar-refractivity contribution < 1.29 is 4.79 Å². The van der Waals surface area contributed by atoms with Crippen LogP contribution in [0.1, 0.15) is 49.0 Å². The van der Waals surface area contributed by atoms with Gasteiger partial charge in [0.2, 0.25) is 0 Å². The van der Waals surface area contributed by atoms with Gasteiger partial charge in [-0.15, -0.1) is 24.0 Å². The normalized spacial score (nSPS) is 17.5. The zero-order chi connectivity index (χ0) is 19.5. The number of aliphatic imine (C=N–C) groups is 1. The van der Waals surface area contributed by atoms with E-state index in [0.717, 1.165) is 44.1 Å². The van der Waals surface area contributed by atoms with Gasteiger partial charge in [0.05, 0.1) is 6.54 Å². The molecule has 0 spiro atoms. The Morgan fingerprint density at radius 3 is 2.79 bits per heavy atom. The molecular weight excluding hydrogens is 465 g/mol. The van der Waals surface area contributed by atoms with Gasteiger partial charge in [0.25, 0.3) is 5.91 Å². The van der Waals surface area contributed by atoms with Gasteiger partial charge in [-0.3, -0.25) is 14.7 Å². The molecule has 2 rings (SSSR count). The highest BCUT2D eigenvalue weighted by molar-refractivity contribution is 14.0. The Morgan fingerprint density at radius 1 is 1.25 bits per heavy atom. The number of hydrogen-bond acceptors (Lipinski definition) is 3. The number of nitrogens with zero attached hydrogens (tertiary/aromatic N) is 2. The van der Waals surface area contributed by atoms with Crippen LogP contribution in [0.15, 0.2) is 29.3 Å². The standard InChI is InChI=1S/C21H35N5O.HI/c1-4-23-21(25-16-19-11-6-7-14-26(19)5-2)24-13-12-17-9-8-10-18(15-17)20(27)22-3;/h8-10,15,19H,4-7,11-14,16H2,1-3H3,(H,22,27)(H2,23,24,25);1H. The summed E-state index contributed by atoms with van der Waals surface area (Å²) < 4.78 is 0. The van der Waals surface area contributed by atoms with Crippen LogP contribution in [0.25, 0.3) is 0 Å². The summed E-state index contributed by atoms with van der Waals surface area (Å²) in [5.41, 5.74) is 1.84. The Kier molecular flexibility index (Phi) is 12.1. The third kappa shape index (κ3) is 7.95. The Hall–Kier alpha value is -1.35. The van der Waals surface area contributed by atoms with Crippen LogP contribution in [0, 0.1) is 0 Å². The number of guanidine groups is 1. The van der Waals surface area contributed by atoms with E-state index in [1.807, 2.05) is 18.2 Å². The average Bonchev–Trinajstić information content (AvgIpc) is 2.71. The molecule has 1 aromatic rings. The molecular formula is C21H36IN5O. The Morgan fingerprint density at radius 2 is 2.07 bits per heavy atom. The second-order valence-corrected chi connectivity index (χ2v) is 6.95. The van der Waals surface area contributed by atoms with E-state index in [1.165, 1.54) is 25.8 Å². The minimum absolute atomic E-state index is 0. The van der Waals surface area contributed by atoms with Crippen molar-refractivity contribution in [3.63, 3.8) is 0 Å². The first-order valence-electron chi connectivity index (χ1n) is 10.2. The molecule has 7 heteroatoms. The van der Waals surface area contributed by atoms with Gasteiger partial charge >= 0.3 is 0 Å². The highest BCUT2D eigenvalue weighted by Crippen LogP contribution is 2.16. The minimum atomic E-state index is -0.0485. The van der Waals surface area contributed by atoms with Crippen LogP contribution in [0.2, 0.25) is 0 Å². The predicted octanol–water partition coefficient (Wildman–Crippen LogP) is 2.64. The van der Waals surface area contributed by atoms with Crippen LogP contribution in [-0.2, 0) is 6.42 Å². The summed E-state index contributed by atoms with van der Waals surface area (Å²) in [7, 11) is 1.65. The van der Waals surface area contributed by atoms with Crippen molar-refractivity contribution >= 4 is 35.8 Å². The zero-order valence-corrected chi connectivity index (χ0v) is 19.8. The maximum absolute atomic E-state index is 11.8. The number of hydrogen-bond donors (Lipinski definition) is 3. The lowest BCUT2D eigenvalue weighted by molar-refractivity contribution is 0.0963. The fraction of sp³-hybridized carbons (Fsp3) is 0.619. The fourth-order valence-electron chi connectivity index (χ4n) is 3.56. The van der Waals surface area contributed by atoms with Crippen molar-refractivity contribution in [2.45, 2.75) is 45.6 Å². The minimum Gasteiger partial charge on any atom is -0.357 e. The van der Waals surface area contributed by atoms with E-state index in [1.54, 1.807) is 7.05 Å². The van der Waals surface area contributed by atoms with E-state index in [9.17, 15) is 4.79 Å². The quantitative estimate of drug-likeness (QED) is 0.291. The highest BCUT2D eigenvalue weighted by atomic mass is 127. The molecule has 1 aliphatic rings. The third-order valence-electron chi connectivity index (χ3n) is 5.08. The van der Waals surface area contributed by atoms with Gasteiger partial charge in [-0.25, -0.2) is 0 Å². The van der Waals surface area contributed by atoms with E-state index in [0.29, 0.717) is 11.6 Å². The molecule has 1 saturated heterocycles. The molecule has 0 aliphatic carbocycles. The molecule has 1 aromatic carbocycles. The van der Waals surface area contributed by atoms with E-state index < -0.39 is 0 Å². The summed E-state index contributed by atoms with van der Waals surface area (Å²) in [6, 6.07) is 8.33. The van der Waals surface area contributed by atoms with Crippen LogP contribution in [-0.4, -0.2) is 62.6 Å². The van der Waals surface area contributed by atoms with Crippen molar-refractivity contribution in [1.29, 1.82) is 0 Å². The maximum Gasteiger partial charge on any atom is 0.251 e. The number of likely N-dealkylation sites (tertiary alicyclic amines) is 1. The molecule has 1 atom stereocenters. The molecule has 1 amide bonds. The molecule has 0 saturated carbocycles. The van der Waals surface area contributed by atoms with Crippen LogP contribution in [0.4, 0.5) is 0 Å². The van der Waals surface area contributed by atoms with Gasteiger partial charge in [-0.05, 0) is 57.0 Å². The van der Waals surface area contributed by atoms with Crippen molar-refractivity contribution in [2.75, 3.05) is 39.8 Å². The van der Waals surface area contributed by atoms with E-state index in [4.69, 9.17) is 4.99 Å². The number of rotatable bonds is 8. The lowest BCUT2D eigenvalue weighted by atomic mass is 10.0. The van der Waals surface area contributed by atoms with Crippen LogP contribution < -0.4 is 16.0 Å². The lowest BCUT2D eigenvalue weighted by Crippen LogP contribution is -2.43. The molecule has 3 N–H and O–H groups in total. The SMILES string of the molecule is CCNC(=NCC1CCCCN1CC)NCCc1cccc(C(=O)NC)c1.I. The second-order valence-electron chi connectivity index (χ2n) is 6.95. The molecule has 1 unspecified atom stereocenters. The first-order chi connectivity index (χ1) is 13.2. The predicted molar refractivity (Wildman–Crippen MR) is 128 cm³/mol. The Balaban J connectivity index is 0.00000392. The van der Waals surface area contributed by atoms with Gasteiger partial charge in [-0.1, -0.05) is 25.5 Å². The first kappa shape index (κ1) is 24.7. The number of benzene rings is 1. The van der Waals surface area contributed by atoms with Crippen LogP contribution >= 0.6 is 24.0 Å². The molecule has 1 fully saturated rings. The lowest BCUT2D eigenvalue weighted by Gasteiger charge is -2.33. The molecule has 6 nitrogen and oxygen atoms in total. The summed E-state index contributed by atoms with van der Waals surface area (Å²) in [6.07, 6.45) is 4.70. The largest absolute Gasteiger partial charge is 0.357 e. The topological polar surface area (TPSA) is 68.8 Å². The van der Waals surface area contributed by atoms with Crippen molar-refractivity contribution in [2.24, 2.45) is 4.99 Å². The summed E-state index contributed by atoms with van der Waals surface area (Å²) in [5.74, 6) is 0.828. The summed E-state index contributed by atoms with van der Waals surface area (Å²) in [5, 5.41) is 9.43. The molecule has 0 aromatic heterocycles. The molecule has 0 bridgehead atoms. The molecule has 158 valence electrons. The van der Waals surface area contributed by atoms with Crippen molar-refractivity contribution in [1.82, 2.24) is 20.9 Å². The number of amides is 1. The monoisotopic (exact) mass is 501 g/mol. The van der Waals surface area contributed by atoms with Crippen LogP contribution in [0.5, 0.6) is 0 Å². The fourth-order valence-corrected chi connectivity index (χ4v) is 3.56. The average molecular weight is 501 g/mol. The van der Waals surface area contributed by atoms with Gasteiger partial charge < -0.3 is 16.0 Å². The Labute approximate surface area is 187 Å². The molecule has 0 radical (unpaired) electrons. The van der Waals surface area contributed by atoms with Gasteiger partial charge in [0.1, 0.15) is 0 Å². The highest BCUT2D eigenvalue weighted by Gasteiger charge is 2.20. The summed E-state index contributed by atoms with van der Waals surface area (Å²) >= 11 is 0.